The Morgan fingerprint density at radius 3 is 1.81 bits per heavy atom. The fourth-order valence-electron chi connectivity index (χ4n) is 5.81. The fourth-order valence-corrected chi connectivity index (χ4v) is 5.81. The lowest BCUT2D eigenvalue weighted by molar-refractivity contribution is -0.126. The van der Waals surface area contributed by atoms with E-state index in [1.807, 2.05) is 54.9 Å². The molecule has 0 radical (unpaired) electrons. The Labute approximate surface area is 277 Å². The molecule has 9 heteroatoms. The number of carbonyl (C=O) groups excluding carboxylic acids is 3. The van der Waals surface area contributed by atoms with E-state index in [4.69, 9.17) is 10.7 Å². The summed E-state index contributed by atoms with van der Waals surface area (Å²) in [5, 5.41) is 5.61. The maximum atomic E-state index is 14.1. The summed E-state index contributed by atoms with van der Waals surface area (Å²) in [5.74, 6) is -0.424. The number of hydrogen-bond acceptors (Lipinski definition) is 4. The number of nitrogens with zero attached hydrogens (tertiary/aromatic N) is 3. The molecule has 1 aromatic heterocycles. The van der Waals surface area contributed by atoms with E-state index in [1.54, 1.807) is 4.90 Å². The molecule has 4 amide bonds. The molecular weight excluding hydrogens is 588 g/mol. The van der Waals surface area contributed by atoms with Crippen molar-refractivity contribution in [3.63, 3.8) is 0 Å². The van der Waals surface area contributed by atoms with Crippen LogP contribution in [0, 0.1) is 0 Å². The van der Waals surface area contributed by atoms with Crippen molar-refractivity contribution >= 4 is 17.8 Å². The van der Waals surface area contributed by atoms with Gasteiger partial charge in [-0.05, 0) is 50.8 Å². The first kappa shape index (κ1) is 33.4. The lowest BCUT2D eigenvalue weighted by Crippen LogP contribution is -2.52. The van der Waals surface area contributed by atoms with Gasteiger partial charge in [0.05, 0.1) is 24.3 Å². The minimum Gasteiger partial charge on any atom is -0.352 e. The third kappa shape index (κ3) is 8.09. The number of benzene rings is 3. The molecule has 0 spiro atoms. The van der Waals surface area contributed by atoms with Crippen LogP contribution in [0.5, 0.6) is 0 Å². The molecule has 1 unspecified atom stereocenters. The van der Waals surface area contributed by atoms with E-state index in [0.29, 0.717) is 31.6 Å². The molecule has 1 atom stereocenters. The Bertz CT molecular complexity index is 1730. The first-order valence-corrected chi connectivity index (χ1v) is 16.1. The van der Waals surface area contributed by atoms with Crippen LogP contribution in [0.3, 0.4) is 0 Å². The largest absolute Gasteiger partial charge is 0.352 e. The monoisotopic (exact) mass is 634 g/mol. The zero-order valence-electron chi connectivity index (χ0n) is 28.3. The van der Waals surface area contributed by atoms with Gasteiger partial charge < -0.3 is 25.8 Å². The predicted octanol–water partition coefficient (Wildman–Crippen LogP) is 5.58. The standard InChI is InChI=1S/C38H46N6O3/c1-37(2,3)29-15-11-27(12-16-29)22-43-24-42-31-19-32(34(45)40-20-25-7-9-26(10-8-25)21-41-36(39)47)44(23-33(31)43)35(46)28-13-17-30(18-14-28)38(4,5)6/h7-18,24,32H,19-23H2,1-6H3,(H,40,45)(H3,39,41,47). The van der Waals surface area contributed by atoms with Gasteiger partial charge in [0.25, 0.3) is 5.91 Å². The van der Waals surface area contributed by atoms with Crippen LogP contribution >= 0.6 is 0 Å². The molecule has 0 aliphatic carbocycles. The number of nitrogens with one attached hydrogen (secondary N) is 2. The Hall–Kier alpha value is -4.92. The van der Waals surface area contributed by atoms with Gasteiger partial charge in [-0.1, -0.05) is 102 Å². The van der Waals surface area contributed by atoms with Gasteiger partial charge in [-0.2, -0.15) is 0 Å². The molecular formula is C38H46N6O3. The van der Waals surface area contributed by atoms with Gasteiger partial charge in [-0.15, -0.1) is 0 Å². The van der Waals surface area contributed by atoms with Crippen LogP contribution in [0.2, 0.25) is 0 Å². The van der Waals surface area contributed by atoms with Crippen molar-refractivity contribution < 1.29 is 14.4 Å². The van der Waals surface area contributed by atoms with Gasteiger partial charge >= 0.3 is 6.03 Å². The summed E-state index contributed by atoms with van der Waals surface area (Å²) >= 11 is 0. The molecule has 1 aliphatic rings. The lowest BCUT2D eigenvalue weighted by atomic mass is 9.86. The zero-order valence-corrected chi connectivity index (χ0v) is 28.3. The molecule has 0 bridgehead atoms. The maximum absolute atomic E-state index is 14.1. The van der Waals surface area contributed by atoms with Crippen molar-refractivity contribution in [1.82, 2.24) is 25.1 Å². The highest BCUT2D eigenvalue weighted by Crippen LogP contribution is 2.28. The lowest BCUT2D eigenvalue weighted by Gasteiger charge is -2.35. The van der Waals surface area contributed by atoms with Gasteiger partial charge in [0.15, 0.2) is 0 Å². The second-order valence-electron chi connectivity index (χ2n) is 14.4. The Balaban J connectivity index is 1.37. The summed E-state index contributed by atoms with van der Waals surface area (Å²) in [7, 11) is 0. The molecule has 246 valence electrons. The summed E-state index contributed by atoms with van der Waals surface area (Å²) in [6.07, 6.45) is 2.14. The second-order valence-corrected chi connectivity index (χ2v) is 14.4. The van der Waals surface area contributed by atoms with Gasteiger partial charge in [-0.3, -0.25) is 9.59 Å². The second kappa shape index (κ2) is 13.4. The van der Waals surface area contributed by atoms with Gasteiger partial charge in [-0.25, -0.2) is 9.78 Å². The smallest absolute Gasteiger partial charge is 0.312 e. The summed E-state index contributed by atoms with van der Waals surface area (Å²) in [4.78, 5) is 45.3. The topological polar surface area (TPSA) is 122 Å². The van der Waals surface area contributed by atoms with Crippen molar-refractivity contribution in [2.24, 2.45) is 5.73 Å². The SMILES string of the molecule is CC(C)(C)c1ccc(Cn2cnc3c2CN(C(=O)c2ccc(C(C)(C)C)cc2)C(C(=O)NCc2ccc(CNC(N)=O)cc2)C3)cc1. The number of hydrogen-bond donors (Lipinski definition) is 3. The van der Waals surface area contributed by atoms with Crippen LogP contribution in [-0.2, 0) is 48.2 Å². The van der Waals surface area contributed by atoms with Crippen molar-refractivity contribution in [1.29, 1.82) is 0 Å². The van der Waals surface area contributed by atoms with Crippen LogP contribution in [-0.4, -0.2) is 38.3 Å². The minimum atomic E-state index is -0.717. The van der Waals surface area contributed by atoms with Crippen molar-refractivity contribution in [3.8, 4) is 0 Å². The number of nitrogens with two attached hydrogens (primary N) is 1. The number of carbonyl (C=O) groups is 3. The molecule has 4 aromatic rings. The average molecular weight is 635 g/mol. The number of urea groups is 1. The minimum absolute atomic E-state index is 0.0435. The summed E-state index contributed by atoms with van der Waals surface area (Å²) < 4.78 is 2.09. The Morgan fingerprint density at radius 2 is 1.28 bits per heavy atom. The quantitative estimate of drug-likeness (QED) is 0.234. The van der Waals surface area contributed by atoms with Gasteiger partial charge in [0.2, 0.25) is 5.91 Å². The van der Waals surface area contributed by atoms with Crippen molar-refractivity contribution in [2.45, 2.75) is 91.0 Å². The first-order valence-electron chi connectivity index (χ1n) is 16.1. The van der Waals surface area contributed by atoms with E-state index in [1.165, 1.54) is 5.56 Å². The van der Waals surface area contributed by atoms with Crippen molar-refractivity contribution in [2.75, 3.05) is 0 Å². The molecule has 1 aliphatic heterocycles. The van der Waals surface area contributed by atoms with Crippen LogP contribution in [0.4, 0.5) is 4.79 Å². The number of rotatable bonds is 8. The Kier molecular flexibility index (Phi) is 9.56. The van der Waals surface area contributed by atoms with Crippen LogP contribution in [0.15, 0.2) is 79.1 Å². The number of amides is 4. The number of primary amides is 1. The molecule has 4 N–H and O–H groups in total. The molecule has 47 heavy (non-hydrogen) atoms. The van der Waals surface area contributed by atoms with Crippen LogP contribution in [0.25, 0.3) is 0 Å². The molecule has 0 saturated carbocycles. The first-order chi connectivity index (χ1) is 22.2. The van der Waals surface area contributed by atoms with Gasteiger partial charge in [0.1, 0.15) is 6.04 Å². The summed E-state index contributed by atoms with van der Waals surface area (Å²) in [5.41, 5.74) is 12.9. The van der Waals surface area contributed by atoms with E-state index in [0.717, 1.165) is 33.6 Å². The number of imidazole rings is 1. The maximum Gasteiger partial charge on any atom is 0.312 e. The highest BCUT2D eigenvalue weighted by atomic mass is 16.2. The molecule has 9 nitrogen and oxygen atoms in total. The zero-order chi connectivity index (χ0) is 33.9. The number of fused-ring (bicyclic) bond motifs is 1. The molecule has 0 saturated heterocycles. The third-order valence-electron chi connectivity index (χ3n) is 8.81. The fraction of sp³-hybridized carbons (Fsp3) is 0.368. The summed E-state index contributed by atoms with van der Waals surface area (Å²) in [6, 6.07) is 22.6. The predicted molar refractivity (Wildman–Crippen MR) is 184 cm³/mol. The molecule has 5 rings (SSSR count). The van der Waals surface area contributed by atoms with Gasteiger partial charge in [0, 0.05) is 31.6 Å². The highest BCUT2D eigenvalue weighted by molar-refractivity contribution is 5.98. The molecule has 3 aromatic carbocycles. The van der Waals surface area contributed by atoms with E-state index < -0.39 is 12.1 Å². The highest BCUT2D eigenvalue weighted by Gasteiger charge is 2.37. The van der Waals surface area contributed by atoms with Crippen molar-refractivity contribution in [3.05, 3.63) is 124 Å². The molecule has 2 heterocycles. The average Bonchev–Trinajstić information content (AvgIpc) is 3.43. The van der Waals surface area contributed by atoms with Crippen LogP contribution in [0.1, 0.15) is 91.1 Å². The van der Waals surface area contributed by atoms with Crippen LogP contribution < -0.4 is 16.4 Å². The molecule has 0 fully saturated rings. The van der Waals surface area contributed by atoms with E-state index in [2.05, 4.69) is 81.0 Å². The normalized spacial score (nSPS) is 14.8. The third-order valence-corrected chi connectivity index (χ3v) is 8.81. The Morgan fingerprint density at radius 1 is 0.766 bits per heavy atom. The van der Waals surface area contributed by atoms with E-state index >= 15 is 0 Å². The summed E-state index contributed by atoms with van der Waals surface area (Å²) in [6.45, 7) is 14.5. The van der Waals surface area contributed by atoms with E-state index in [9.17, 15) is 14.4 Å². The van der Waals surface area contributed by atoms with E-state index in [-0.39, 0.29) is 29.2 Å². The number of aromatic nitrogens is 2.